The van der Waals surface area contributed by atoms with Gasteiger partial charge in [-0.25, -0.2) is 4.42 Å². The van der Waals surface area contributed by atoms with Gasteiger partial charge in [0.1, 0.15) is 6.04 Å². The van der Waals surface area contributed by atoms with Crippen LogP contribution in [-0.4, -0.2) is 17.5 Å². The van der Waals surface area contributed by atoms with Crippen LogP contribution in [0.2, 0.25) is 0 Å². The van der Waals surface area contributed by atoms with Crippen LogP contribution in [0.4, 0.5) is 0 Å². The van der Waals surface area contributed by atoms with Crippen molar-refractivity contribution in [2.45, 2.75) is 19.4 Å². The lowest BCUT2D eigenvalue weighted by molar-refractivity contribution is 0.459. The lowest BCUT2D eigenvalue weighted by Gasteiger charge is -2.09. The van der Waals surface area contributed by atoms with E-state index in [1.165, 1.54) is 4.42 Å². The third-order valence-corrected chi connectivity index (χ3v) is 1.20. The van der Waals surface area contributed by atoms with E-state index in [0.717, 1.165) is 6.42 Å². The van der Waals surface area contributed by atoms with Gasteiger partial charge in [-0.2, -0.15) is 5.26 Å². The molecule has 0 bridgehead atoms. The molecule has 0 aliphatic heterocycles. The molecule has 8 heavy (non-hydrogen) atoms. The second kappa shape index (κ2) is 3.71. The summed E-state index contributed by atoms with van der Waals surface area (Å²) in [5, 5.41) is 8.32. The van der Waals surface area contributed by atoms with E-state index in [2.05, 4.69) is 0 Å². The van der Waals surface area contributed by atoms with Crippen molar-refractivity contribution in [1.82, 2.24) is 4.42 Å². The Morgan fingerprint density at radius 3 is 2.38 bits per heavy atom. The first-order valence-electron chi connectivity index (χ1n) is 2.50. The zero-order valence-electron chi connectivity index (χ0n) is 5.06. The molecular weight excluding hydrogens is 124 g/mol. The van der Waals surface area contributed by atoms with Crippen molar-refractivity contribution in [3.05, 3.63) is 0 Å². The Morgan fingerprint density at radius 1 is 1.88 bits per heavy atom. The molecule has 0 aliphatic carbocycles. The van der Waals surface area contributed by atoms with Gasteiger partial charge in [-0.1, -0.05) is 6.92 Å². The van der Waals surface area contributed by atoms with Crippen LogP contribution < -0.4 is 0 Å². The van der Waals surface area contributed by atoms with Crippen LogP contribution in [0.3, 0.4) is 0 Å². The fourth-order valence-corrected chi connectivity index (χ4v) is 0.604. The maximum atomic E-state index is 8.32. The molecular formula is C5H9ClN2. The van der Waals surface area contributed by atoms with Crippen LogP contribution in [0.15, 0.2) is 0 Å². The van der Waals surface area contributed by atoms with Crippen LogP contribution >= 0.6 is 11.8 Å². The summed E-state index contributed by atoms with van der Waals surface area (Å²) in [6.07, 6.45) is 0.774. The van der Waals surface area contributed by atoms with E-state index in [0.29, 0.717) is 0 Å². The monoisotopic (exact) mass is 132 g/mol. The first kappa shape index (κ1) is 7.74. The molecule has 3 heteroatoms. The van der Waals surface area contributed by atoms with E-state index in [1.807, 2.05) is 13.0 Å². The highest BCUT2D eigenvalue weighted by Crippen LogP contribution is 2.01. The molecule has 0 radical (unpaired) electrons. The molecule has 0 aliphatic rings. The van der Waals surface area contributed by atoms with Gasteiger partial charge in [0.05, 0.1) is 6.07 Å². The average molecular weight is 133 g/mol. The zero-order valence-corrected chi connectivity index (χ0v) is 5.81. The molecule has 0 saturated carbocycles. The van der Waals surface area contributed by atoms with E-state index < -0.39 is 0 Å². The maximum Gasteiger partial charge on any atom is 0.111 e. The number of rotatable bonds is 2. The van der Waals surface area contributed by atoms with E-state index in [1.54, 1.807) is 7.05 Å². The molecule has 0 N–H and O–H groups in total. The van der Waals surface area contributed by atoms with Gasteiger partial charge in [0.15, 0.2) is 0 Å². The number of hydrogen-bond acceptors (Lipinski definition) is 2. The lowest BCUT2D eigenvalue weighted by Crippen LogP contribution is -2.19. The summed E-state index contributed by atoms with van der Waals surface area (Å²) < 4.78 is 1.39. The molecule has 1 atom stereocenters. The van der Waals surface area contributed by atoms with Crippen LogP contribution in [0.1, 0.15) is 13.3 Å². The quantitative estimate of drug-likeness (QED) is 0.531. The third-order valence-electron chi connectivity index (χ3n) is 0.965. The molecule has 0 rings (SSSR count). The maximum absolute atomic E-state index is 8.32. The van der Waals surface area contributed by atoms with E-state index in [4.69, 9.17) is 17.0 Å². The highest BCUT2D eigenvalue weighted by atomic mass is 35.5. The van der Waals surface area contributed by atoms with Gasteiger partial charge in [0.2, 0.25) is 0 Å². The smallest absolute Gasteiger partial charge is 0.111 e. The van der Waals surface area contributed by atoms with Crippen molar-refractivity contribution in [2.75, 3.05) is 7.05 Å². The zero-order chi connectivity index (χ0) is 6.57. The highest BCUT2D eigenvalue weighted by Gasteiger charge is 2.06. The van der Waals surface area contributed by atoms with Crippen molar-refractivity contribution in [3.8, 4) is 6.07 Å². The third kappa shape index (κ3) is 2.15. The number of nitriles is 1. The van der Waals surface area contributed by atoms with Gasteiger partial charge in [-0.05, 0) is 18.2 Å². The fraction of sp³-hybridized carbons (Fsp3) is 0.800. The van der Waals surface area contributed by atoms with Crippen LogP contribution in [0, 0.1) is 11.3 Å². The summed E-state index contributed by atoms with van der Waals surface area (Å²) in [6.45, 7) is 1.92. The van der Waals surface area contributed by atoms with Gasteiger partial charge < -0.3 is 0 Å². The molecule has 1 unspecified atom stereocenters. The van der Waals surface area contributed by atoms with Crippen LogP contribution in [0.25, 0.3) is 0 Å². The average Bonchev–Trinajstić information content (AvgIpc) is 1.69. The summed E-state index contributed by atoms with van der Waals surface area (Å²) in [7, 11) is 1.68. The minimum atomic E-state index is -0.142. The van der Waals surface area contributed by atoms with E-state index >= 15 is 0 Å². The molecule has 0 heterocycles. The Balaban J connectivity index is 3.57. The lowest BCUT2D eigenvalue weighted by atomic mass is 10.3. The number of nitrogens with zero attached hydrogens (tertiary/aromatic N) is 2. The molecule has 0 saturated heterocycles. The molecule has 46 valence electrons. The molecule has 0 amide bonds. The minimum absolute atomic E-state index is 0.142. The first-order chi connectivity index (χ1) is 3.72. The molecule has 0 aromatic carbocycles. The van der Waals surface area contributed by atoms with E-state index in [9.17, 15) is 0 Å². The van der Waals surface area contributed by atoms with Crippen LogP contribution in [-0.2, 0) is 0 Å². The predicted molar refractivity (Wildman–Crippen MR) is 33.3 cm³/mol. The van der Waals surface area contributed by atoms with Gasteiger partial charge in [0, 0.05) is 7.05 Å². The van der Waals surface area contributed by atoms with Gasteiger partial charge in [0.25, 0.3) is 0 Å². The van der Waals surface area contributed by atoms with Crippen molar-refractivity contribution in [3.63, 3.8) is 0 Å². The highest BCUT2D eigenvalue weighted by molar-refractivity contribution is 6.13. The Bertz CT molecular complexity index is 95.1. The Morgan fingerprint density at radius 2 is 2.38 bits per heavy atom. The fourth-order valence-electron chi connectivity index (χ4n) is 0.422. The normalized spacial score (nSPS) is 13.4. The van der Waals surface area contributed by atoms with Crippen LogP contribution in [0.5, 0.6) is 0 Å². The Hall–Kier alpha value is -0.260. The standard InChI is InChI=1S/C5H9ClN2/c1-3-5(4-7)8(2)6/h5H,3H2,1-2H3. The van der Waals surface area contributed by atoms with E-state index in [-0.39, 0.29) is 6.04 Å². The SMILES string of the molecule is CCC(C#N)N(C)Cl. The Labute approximate surface area is 54.8 Å². The van der Waals surface area contributed by atoms with Crippen molar-refractivity contribution in [2.24, 2.45) is 0 Å². The first-order valence-corrected chi connectivity index (χ1v) is 2.84. The molecule has 0 fully saturated rings. The number of hydrogen-bond donors (Lipinski definition) is 0. The minimum Gasteiger partial charge on any atom is -0.206 e. The topological polar surface area (TPSA) is 27.0 Å². The summed E-state index contributed by atoms with van der Waals surface area (Å²) >= 11 is 5.45. The molecule has 2 nitrogen and oxygen atoms in total. The second-order valence-electron chi connectivity index (χ2n) is 1.58. The van der Waals surface area contributed by atoms with Gasteiger partial charge in [-0.15, -0.1) is 0 Å². The van der Waals surface area contributed by atoms with Crippen molar-refractivity contribution in [1.29, 1.82) is 5.26 Å². The number of halogens is 1. The molecule has 0 spiro atoms. The van der Waals surface area contributed by atoms with Gasteiger partial charge in [-0.3, -0.25) is 0 Å². The van der Waals surface area contributed by atoms with Gasteiger partial charge >= 0.3 is 0 Å². The summed E-state index contributed by atoms with van der Waals surface area (Å²) in [6, 6.07) is 1.90. The van der Waals surface area contributed by atoms with Crippen molar-refractivity contribution < 1.29 is 0 Å². The Kier molecular flexibility index (Phi) is 3.59. The largest absolute Gasteiger partial charge is 0.206 e. The second-order valence-corrected chi connectivity index (χ2v) is 2.11. The van der Waals surface area contributed by atoms with Crippen molar-refractivity contribution >= 4 is 11.8 Å². The molecule has 0 aromatic heterocycles. The summed E-state index contributed by atoms with van der Waals surface area (Å²) in [4.78, 5) is 0. The summed E-state index contributed by atoms with van der Waals surface area (Å²) in [5.74, 6) is 0. The molecule has 0 aromatic rings. The predicted octanol–water partition coefficient (Wildman–Crippen LogP) is 1.37. The summed E-state index contributed by atoms with van der Waals surface area (Å²) in [5.41, 5.74) is 0.